The number of ether oxygens (including phenoxy) is 2. The lowest BCUT2D eigenvalue weighted by Gasteiger charge is -2.20. The molecule has 0 spiro atoms. The quantitative estimate of drug-likeness (QED) is 0.744. The maximum atomic E-state index is 12.0. The molecule has 0 saturated heterocycles. The molecule has 0 aliphatic carbocycles. The van der Waals surface area contributed by atoms with Crippen molar-refractivity contribution < 1.29 is 19.4 Å². The third-order valence-electron chi connectivity index (χ3n) is 3.14. The third-order valence-corrected chi connectivity index (χ3v) is 3.14. The number of nitrogens with one attached hydrogen (secondary N) is 1. The smallest absolute Gasteiger partial charge is 0.412 e. The summed E-state index contributed by atoms with van der Waals surface area (Å²) in [5.41, 5.74) is 6.51. The van der Waals surface area contributed by atoms with Crippen LogP contribution < -0.4 is 15.8 Å². The molecular formula is C16H22N4O4. The number of aromatic nitrogens is 2. The van der Waals surface area contributed by atoms with E-state index >= 15 is 0 Å². The van der Waals surface area contributed by atoms with Crippen LogP contribution in [0.1, 0.15) is 20.8 Å². The summed E-state index contributed by atoms with van der Waals surface area (Å²) < 4.78 is 11.9. The van der Waals surface area contributed by atoms with Gasteiger partial charge in [0.25, 0.3) is 0 Å². The summed E-state index contributed by atoms with van der Waals surface area (Å²) in [7, 11) is 3.14. The summed E-state index contributed by atoms with van der Waals surface area (Å²) in [6, 6.07) is 4.87. The van der Waals surface area contributed by atoms with Crippen molar-refractivity contribution >= 4 is 17.6 Å². The maximum Gasteiger partial charge on any atom is 0.412 e. The molecule has 1 amide bonds. The summed E-state index contributed by atoms with van der Waals surface area (Å²) in [6.07, 6.45) is -0.683. The number of nitrogen functional groups attached to an aromatic ring is 1. The minimum Gasteiger partial charge on any atom is -0.503 e. The van der Waals surface area contributed by atoms with E-state index < -0.39 is 11.7 Å². The lowest BCUT2D eigenvalue weighted by Crippen LogP contribution is -2.27. The zero-order valence-electron chi connectivity index (χ0n) is 14.4. The van der Waals surface area contributed by atoms with E-state index in [1.165, 1.54) is 11.8 Å². The number of nitrogens with zero attached hydrogens (tertiary/aromatic N) is 2. The van der Waals surface area contributed by atoms with Gasteiger partial charge in [0.05, 0.1) is 18.5 Å². The van der Waals surface area contributed by atoms with Gasteiger partial charge in [0, 0.05) is 18.7 Å². The number of carbonyl (C=O) groups is 1. The molecule has 0 aliphatic rings. The molecule has 8 nitrogen and oxygen atoms in total. The molecule has 0 unspecified atom stereocenters. The van der Waals surface area contributed by atoms with Crippen molar-refractivity contribution in [1.82, 2.24) is 9.78 Å². The Labute approximate surface area is 140 Å². The number of methoxy groups -OCH3 is 1. The lowest BCUT2D eigenvalue weighted by molar-refractivity contribution is 0.0635. The number of aromatic hydroxyl groups is 1. The van der Waals surface area contributed by atoms with E-state index in [4.69, 9.17) is 15.2 Å². The first-order valence-corrected chi connectivity index (χ1v) is 7.31. The predicted molar refractivity (Wildman–Crippen MR) is 91.1 cm³/mol. The van der Waals surface area contributed by atoms with Crippen molar-refractivity contribution in [1.29, 1.82) is 0 Å². The number of aryl methyl sites for hydroxylation is 1. The van der Waals surface area contributed by atoms with Crippen LogP contribution in [0, 0.1) is 0 Å². The van der Waals surface area contributed by atoms with E-state index in [0.29, 0.717) is 17.1 Å². The topological polar surface area (TPSA) is 112 Å². The molecular weight excluding hydrogens is 312 g/mol. The molecule has 0 saturated carbocycles. The van der Waals surface area contributed by atoms with Gasteiger partial charge in [0.15, 0.2) is 11.5 Å². The van der Waals surface area contributed by atoms with Gasteiger partial charge in [-0.1, -0.05) is 0 Å². The minimum absolute atomic E-state index is 0.155. The average molecular weight is 334 g/mol. The largest absolute Gasteiger partial charge is 0.503 e. The molecule has 130 valence electrons. The Kier molecular flexibility index (Phi) is 4.59. The van der Waals surface area contributed by atoms with Gasteiger partial charge in [-0.05, 0) is 32.9 Å². The molecule has 0 radical (unpaired) electrons. The number of carbonyl (C=O) groups excluding carboxylic acids is 1. The van der Waals surface area contributed by atoms with Crippen LogP contribution in [-0.2, 0) is 11.8 Å². The molecule has 4 N–H and O–H groups in total. The number of phenolic OH excluding ortho intramolecular Hbond substituents is 1. The summed E-state index contributed by atoms with van der Waals surface area (Å²) >= 11 is 0. The first kappa shape index (κ1) is 17.5. The lowest BCUT2D eigenvalue weighted by atomic mass is 10.1. The second kappa shape index (κ2) is 6.31. The maximum absolute atomic E-state index is 12.0. The minimum atomic E-state index is -0.683. The molecule has 0 atom stereocenters. The Hall–Kier alpha value is -2.90. The number of nitrogens with two attached hydrogens (primary N) is 1. The third kappa shape index (κ3) is 3.89. The van der Waals surface area contributed by atoms with Crippen molar-refractivity contribution in [2.45, 2.75) is 26.4 Å². The number of hydrogen-bond acceptors (Lipinski definition) is 6. The van der Waals surface area contributed by atoms with Crippen molar-refractivity contribution in [2.75, 3.05) is 18.2 Å². The summed E-state index contributed by atoms with van der Waals surface area (Å²) in [4.78, 5) is 12.0. The van der Waals surface area contributed by atoms with Gasteiger partial charge in [0.1, 0.15) is 11.4 Å². The molecule has 24 heavy (non-hydrogen) atoms. The fourth-order valence-electron chi connectivity index (χ4n) is 2.04. The fraction of sp³-hybridized carbons (Fsp3) is 0.375. The van der Waals surface area contributed by atoms with Crippen LogP contribution in [0.4, 0.5) is 16.3 Å². The number of hydrogen-bond donors (Lipinski definition) is 3. The van der Waals surface area contributed by atoms with Gasteiger partial charge in [-0.15, -0.1) is 0 Å². The first-order chi connectivity index (χ1) is 11.1. The van der Waals surface area contributed by atoms with Crippen LogP contribution in [0.5, 0.6) is 11.5 Å². The van der Waals surface area contributed by atoms with Gasteiger partial charge in [-0.3, -0.25) is 10.00 Å². The number of amides is 1. The average Bonchev–Trinajstić information content (AvgIpc) is 2.79. The highest BCUT2D eigenvalue weighted by atomic mass is 16.6. The van der Waals surface area contributed by atoms with E-state index in [-0.39, 0.29) is 17.2 Å². The molecule has 1 heterocycles. The van der Waals surface area contributed by atoms with Gasteiger partial charge in [-0.25, -0.2) is 4.79 Å². The molecule has 2 rings (SSSR count). The van der Waals surface area contributed by atoms with Crippen LogP contribution in [0.25, 0.3) is 11.3 Å². The fourth-order valence-corrected chi connectivity index (χ4v) is 2.04. The van der Waals surface area contributed by atoms with E-state index in [2.05, 4.69) is 10.4 Å². The number of rotatable bonds is 3. The highest BCUT2D eigenvalue weighted by molar-refractivity contribution is 5.89. The van der Waals surface area contributed by atoms with Crippen molar-refractivity contribution in [3.63, 3.8) is 0 Å². The Morgan fingerprint density at radius 3 is 2.50 bits per heavy atom. The van der Waals surface area contributed by atoms with E-state index in [9.17, 15) is 9.90 Å². The molecule has 0 aliphatic heterocycles. The van der Waals surface area contributed by atoms with Crippen molar-refractivity contribution in [3.8, 4) is 22.8 Å². The molecule has 1 aromatic carbocycles. The van der Waals surface area contributed by atoms with Crippen LogP contribution in [-0.4, -0.2) is 33.7 Å². The van der Waals surface area contributed by atoms with Crippen LogP contribution in [0.3, 0.4) is 0 Å². The first-order valence-electron chi connectivity index (χ1n) is 7.31. The van der Waals surface area contributed by atoms with E-state index in [0.717, 1.165) is 0 Å². The van der Waals surface area contributed by atoms with Crippen LogP contribution >= 0.6 is 0 Å². The van der Waals surface area contributed by atoms with Gasteiger partial charge in [0.2, 0.25) is 0 Å². The SMILES string of the molecule is COc1cc(-c2cc(N)n(C)n2)cc(NC(=O)OC(C)(C)C)c1O. The standard InChI is InChI=1S/C16H22N4O4/c1-16(2,3)24-15(22)18-11-6-9(7-12(23-5)14(11)21)10-8-13(17)20(4)19-10/h6-8,21H,17H2,1-5H3,(H,18,22). The number of anilines is 2. The Balaban J connectivity index is 2.40. The van der Waals surface area contributed by atoms with Gasteiger partial charge >= 0.3 is 6.09 Å². The molecule has 0 fully saturated rings. The highest BCUT2D eigenvalue weighted by Gasteiger charge is 2.20. The summed E-state index contributed by atoms with van der Waals surface area (Å²) in [6.45, 7) is 5.25. The summed E-state index contributed by atoms with van der Waals surface area (Å²) in [5, 5.41) is 17.0. The summed E-state index contributed by atoms with van der Waals surface area (Å²) in [5.74, 6) is 0.484. The van der Waals surface area contributed by atoms with Gasteiger partial charge in [-0.2, -0.15) is 5.10 Å². The monoisotopic (exact) mass is 334 g/mol. The highest BCUT2D eigenvalue weighted by Crippen LogP contribution is 2.39. The van der Waals surface area contributed by atoms with E-state index in [1.54, 1.807) is 46.0 Å². The Morgan fingerprint density at radius 2 is 2.00 bits per heavy atom. The second-order valence-electron chi connectivity index (χ2n) is 6.28. The zero-order valence-corrected chi connectivity index (χ0v) is 14.4. The normalized spacial score (nSPS) is 11.2. The number of benzene rings is 1. The van der Waals surface area contributed by atoms with Gasteiger partial charge < -0.3 is 20.3 Å². The molecule has 1 aromatic heterocycles. The molecule has 2 aromatic rings. The zero-order chi connectivity index (χ0) is 18.1. The second-order valence-corrected chi connectivity index (χ2v) is 6.28. The molecule has 8 heteroatoms. The Morgan fingerprint density at radius 1 is 1.33 bits per heavy atom. The van der Waals surface area contributed by atoms with Crippen LogP contribution in [0.15, 0.2) is 18.2 Å². The van der Waals surface area contributed by atoms with E-state index in [1.807, 2.05) is 0 Å². The Bertz CT molecular complexity index is 743. The van der Waals surface area contributed by atoms with Crippen LogP contribution in [0.2, 0.25) is 0 Å². The number of phenols is 1. The predicted octanol–water partition coefficient (Wildman–Crippen LogP) is 2.73. The van der Waals surface area contributed by atoms with Crippen molar-refractivity contribution in [2.24, 2.45) is 7.05 Å². The van der Waals surface area contributed by atoms with Crippen molar-refractivity contribution in [3.05, 3.63) is 18.2 Å². The molecule has 0 bridgehead atoms.